The minimum absolute atomic E-state index is 0.325. The first-order valence-electron chi connectivity index (χ1n) is 13.8. The summed E-state index contributed by atoms with van der Waals surface area (Å²) in [5, 5.41) is 3.96. The molecule has 212 valence electrons. The van der Waals surface area contributed by atoms with Crippen LogP contribution < -0.4 is 0 Å². The van der Waals surface area contributed by atoms with Crippen LogP contribution in [-0.4, -0.2) is 46.8 Å². The van der Waals surface area contributed by atoms with Crippen LogP contribution in [0.15, 0.2) is 121 Å². The van der Waals surface area contributed by atoms with E-state index in [1.54, 1.807) is 0 Å². The van der Waals surface area contributed by atoms with Gasteiger partial charge in [0.25, 0.3) is 5.60 Å². The lowest BCUT2D eigenvalue weighted by Gasteiger charge is -2.31. The van der Waals surface area contributed by atoms with E-state index in [0.717, 1.165) is 22.3 Å². The Labute approximate surface area is 243 Å². The zero-order valence-electron chi connectivity index (χ0n) is 23.8. The van der Waals surface area contributed by atoms with Gasteiger partial charge >= 0.3 is 6.07 Å². The van der Waals surface area contributed by atoms with Crippen LogP contribution in [0, 0.1) is 6.07 Å². The van der Waals surface area contributed by atoms with Gasteiger partial charge in [0, 0.05) is 11.1 Å². The van der Waals surface area contributed by atoms with Gasteiger partial charge in [0.15, 0.2) is 7.11 Å². The molecule has 4 aromatic carbocycles. The van der Waals surface area contributed by atoms with Crippen molar-refractivity contribution in [1.82, 2.24) is 0 Å². The van der Waals surface area contributed by atoms with Crippen molar-refractivity contribution in [2.75, 3.05) is 46.8 Å². The van der Waals surface area contributed by atoms with Crippen molar-refractivity contribution in [2.45, 2.75) is 18.1 Å². The number of hydrogen-bond acceptors (Lipinski definition) is 5. The summed E-state index contributed by atoms with van der Waals surface area (Å²) in [6, 6.07) is 43.3. The van der Waals surface area contributed by atoms with Gasteiger partial charge in [-0.3, -0.25) is 0 Å². The lowest BCUT2D eigenvalue weighted by Crippen LogP contribution is -2.31. The smallest absolute Gasteiger partial charge is 0.377 e. The lowest BCUT2D eigenvalue weighted by atomic mass is 9.87. The molecule has 6 heteroatoms. The van der Waals surface area contributed by atoms with Crippen LogP contribution in [0.3, 0.4) is 0 Å². The van der Waals surface area contributed by atoms with E-state index in [9.17, 15) is 0 Å². The second-order valence-corrected chi connectivity index (χ2v) is 9.49. The summed E-state index contributed by atoms with van der Waals surface area (Å²) in [5.74, 6) is 0. The van der Waals surface area contributed by atoms with Gasteiger partial charge in [-0.2, -0.15) is 4.84 Å². The van der Waals surface area contributed by atoms with Crippen LogP contribution in [-0.2, 0) is 35.0 Å². The first-order chi connectivity index (χ1) is 20.2. The highest BCUT2D eigenvalue weighted by atomic mass is 16.6. The first-order valence-corrected chi connectivity index (χ1v) is 13.8. The van der Waals surface area contributed by atoms with Crippen LogP contribution in [0.5, 0.6) is 0 Å². The van der Waals surface area contributed by atoms with Gasteiger partial charge in [-0.05, 0) is 18.1 Å². The summed E-state index contributed by atoms with van der Waals surface area (Å²) in [7, 11) is 1.49. The minimum Gasteiger partial charge on any atom is -0.377 e. The Morgan fingerprint density at radius 3 is 1.29 bits per heavy atom. The Kier molecular flexibility index (Phi) is 11.5. The van der Waals surface area contributed by atoms with Crippen molar-refractivity contribution in [2.24, 2.45) is 0 Å². The summed E-state index contributed by atoms with van der Waals surface area (Å²) >= 11 is 0. The topological polar surface area (TPSA) is 50.5 Å². The van der Waals surface area contributed by atoms with Crippen LogP contribution >= 0.6 is 0 Å². The predicted octanol–water partition coefficient (Wildman–Crippen LogP) is 6.85. The molecule has 0 aliphatic carbocycles. The molecular formula is C35H38NO5+. The Bertz CT molecular complexity index is 1260. The molecule has 0 saturated carbocycles. The molecule has 0 aromatic heterocycles. The van der Waals surface area contributed by atoms with Crippen molar-refractivity contribution < 1.29 is 23.8 Å². The number of benzene rings is 4. The molecule has 0 amide bonds. The molecular weight excluding hydrogens is 514 g/mol. The molecule has 0 spiro atoms. The fourth-order valence-electron chi connectivity index (χ4n) is 4.68. The second-order valence-electron chi connectivity index (χ2n) is 9.49. The third-order valence-electron chi connectivity index (χ3n) is 6.84. The molecule has 0 atom stereocenters. The van der Waals surface area contributed by atoms with Gasteiger partial charge in [0.2, 0.25) is 5.01 Å². The average Bonchev–Trinajstić information content (AvgIpc) is 3.05. The van der Waals surface area contributed by atoms with Gasteiger partial charge in [0.05, 0.1) is 39.6 Å². The van der Waals surface area contributed by atoms with Crippen molar-refractivity contribution in [3.05, 3.63) is 149 Å². The second kappa shape index (κ2) is 15.7. The summed E-state index contributed by atoms with van der Waals surface area (Å²) in [6.07, 6.45) is 0. The summed E-state index contributed by atoms with van der Waals surface area (Å²) in [6.45, 7) is 4.62. The van der Waals surface area contributed by atoms with E-state index >= 15 is 0 Å². The molecule has 6 nitrogen and oxygen atoms in total. The monoisotopic (exact) mass is 552 g/mol. The van der Waals surface area contributed by atoms with E-state index in [-0.39, 0.29) is 0 Å². The quantitative estimate of drug-likeness (QED) is 0.119. The maximum atomic E-state index is 6.40. The molecule has 0 heterocycles. The van der Waals surface area contributed by atoms with Crippen LogP contribution in [0.25, 0.3) is 5.01 Å². The number of nitrogens with zero attached hydrogens (tertiary/aromatic N) is 1. The molecule has 0 bridgehead atoms. The average molecular weight is 553 g/mol. The van der Waals surface area contributed by atoms with Crippen LogP contribution in [0.2, 0.25) is 0 Å². The molecule has 0 fully saturated rings. The van der Waals surface area contributed by atoms with E-state index in [0.29, 0.717) is 39.6 Å². The maximum Gasteiger partial charge on any atom is 0.395 e. The van der Waals surface area contributed by atoms with E-state index in [1.165, 1.54) is 7.11 Å². The Morgan fingerprint density at radius 1 is 0.512 bits per heavy atom. The Morgan fingerprint density at radius 2 is 0.878 bits per heavy atom. The van der Waals surface area contributed by atoms with Gasteiger partial charge in [-0.1, -0.05) is 121 Å². The summed E-state index contributed by atoms with van der Waals surface area (Å²) < 4.78 is 24.4. The summed E-state index contributed by atoms with van der Waals surface area (Å²) in [4.78, 5) is 4.98. The molecule has 0 radical (unpaired) electrons. The van der Waals surface area contributed by atoms with E-state index in [2.05, 4.69) is 42.3 Å². The largest absolute Gasteiger partial charge is 0.395 e. The normalized spacial score (nSPS) is 11.5. The van der Waals surface area contributed by atoms with Gasteiger partial charge in [0.1, 0.15) is 5.60 Å². The van der Waals surface area contributed by atoms with E-state index in [1.807, 2.05) is 97.1 Å². The molecule has 0 saturated heterocycles. The highest BCUT2D eigenvalue weighted by Crippen LogP contribution is 2.34. The zero-order valence-corrected chi connectivity index (χ0v) is 23.8. The molecule has 41 heavy (non-hydrogen) atoms. The van der Waals surface area contributed by atoms with E-state index in [4.69, 9.17) is 23.8 Å². The third kappa shape index (κ3) is 8.03. The first kappa shape index (κ1) is 30.0. The standard InChI is InChI=1S/C35H38NO5/c1-34(30-15-7-3-8-16-30,31-17-9-4-10-18-31)40-27-25-38-23-24-39-26-28-41-35(29-36-37-2,32-19-11-5-12-20-32)33-21-13-6-14-22-33/h3-22H,23-28H2,1-2H3/q+1. The Hall–Kier alpha value is -3.99. The molecule has 0 aliphatic rings. The molecule has 4 rings (SSSR count). The number of hydrogen-bond donors (Lipinski definition) is 0. The van der Waals surface area contributed by atoms with Crippen LogP contribution in [0.1, 0.15) is 29.2 Å². The third-order valence-corrected chi connectivity index (χ3v) is 6.84. The lowest BCUT2D eigenvalue weighted by molar-refractivity contribution is -0.0516. The maximum absolute atomic E-state index is 6.40. The van der Waals surface area contributed by atoms with Gasteiger partial charge in [-0.25, -0.2) is 0 Å². The fourth-order valence-corrected chi connectivity index (χ4v) is 4.68. The van der Waals surface area contributed by atoms with E-state index < -0.39 is 11.2 Å². The minimum atomic E-state index is -1.03. The molecule has 0 unspecified atom stereocenters. The highest BCUT2D eigenvalue weighted by molar-refractivity contribution is 5.43. The highest BCUT2D eigenvalue weighted by Gasteiger charge is 2.41. The van der Waals surface area contributed by atoms with Crippen molar-refractivity contribution in [3.63, 3.8) is 0 Å². The van der Waals surface area contributed by atoms with Gasteiger partial charge < -0.3 is 18.9 Å². The number of ether oxygens (including phenoxy) is 4. The van der Waals surface area contributed by atoms with Crippen molar-refractivity contribution >= 4 is 0 Å². The van der Waals surface area contributed by atoms with Crippen molar-refractivity contribution in [3.8, 4) is 6.07 Å². The number of rotatable bonds is 15. The Balaban J connectivity index is 1.24. The van der Waals surface area contributed by atoms with Crippen LogP contribution in [0.4, 0.5) is 0 Å². The fraction of sp³-hybridized carbons (Fsp3) is 0.286. The summed E-state index contributed by atoms with van der Waals surface area (Å²) in [5.41, 5.74) is 2.41. The molecule has 4 aromatic rings. The molecule has 0 N–H and O–H groups in total. The van der Waals surface area contributed by atoms with Gasteiger partial charge in [-0.15, -0.1) is 0 Å². The predicted molar refractivity (Wildman–Crippen MR) is 161 cm³/mol. The van der Waals surface area contributed by atoms with Crippen molar-refractivity contribution in [1.29, 1.82) is 0 Å². The zero-order chi connectivity index (χ0) is 28.6. The SMILES string of the molecule is CO[N+]#CC(OCCOCCOCCOC(C)(c1ccccc1)c1ccccc1)(c1ccccc1)c1ccccc1. The molecule has 0 aliphatic heterocycles.